The lowest BCUT2D eigenvalue weighted by Gasteiger charge is -2.28. The topological polar surface area (TPSA) is 82.2 Å². The fourth-order valence-electron chi connectivity index (χ4n) is 4.35. The molecule has 0 saturated heterocycles. The predicted molar refractivity (Wildman–Crippen MR) is 117 cm³/mol. The molecule has 168 valence electrons. The first-order valence-corrected chi connectivity index (χ1v) is 10.6. The largest absolute Gasteiger partial charge is 0.381 e. The van der Waals surface area contributed by atoms with E-state index in [9.17, 15) is 8.78 Å². The summed E-state index contributed by atoms with van der Waals surface area (Å²) in [6.07, 6.45) is 5.27. The minimum atomic E-state index is -2.49. The van der Waals surface area contributed by atoms with E-state index in [0.29, 0.717) is 35.8 Å². The summed E-state index contributed by atoms with van der Waals surface area (Å²) in [7, 11) is -2.37. The molecule has 10 heteroatoms. The van der Waals surface area contributed by atoms with Crippen molar-refractivity contribution in [2.45, 2.75) is 57.7 Å². The minimum Gasteiger partial charge on any atom is -0.381 e. The van der Waals surface area contributed by atoms with Crippen LogP contribution in [0, 0.1) is 6.92 Å². The third kappa shape index (κ3) is 3.90. The van der Waals surface area contributed by atoms with Gasteiger partial charge in [0.25, 0.3) is 6.43 Å². The van der Waals surface area contributed by atoms with Gasteiger partial charge >= 0.3 is 0 Å². The van der Waals surface area contributed by atoms with Crippen LogP contribution in [0.2, 0.25) is 0 Å². The van der Waals surface area contributed by atoms with E-state index in [4.69, 9.17) is 8.85 Å². The lowest BCUT2D eigenvalue weighted by atomic mass is 9.93. The van der Waals surface area contributed by atoms with Crippen molar-refractivity contribution in [3.05, 3.63) is 36.5 Å². The molecule has 8 nitrogen and oxygen atoms in total. The average Bonchev–Trinajstić information content (AvgIpc) is 3.34. The zero-order chi connectivity index (χ0) is 24.7. The van der Waals surface area contributed by atoms with Gasteiger partial charge in [-0.2, -0.15) is 0 Å². The summed E-state index contributed by atoms with van der Waals surface area (Å²) in [5, 5.41) is 7.88. The molecule has 1 aliphatic rings. The summed E-state index contributed by atoms with van der Waals surface area (Å²) in [6, 6.07) is 3.82. The SMILES string of the molecule is [2H]C([2H])([2H])OC1CCC(Nc2ncc3c(-c4cnc5nc(C)n(CC(F)F)c5c4)ccn3n2)CC1. The molecular weight excluding hydrogens is 416 g/mol. The van der Waals surface area contributed by atoms with Gasteiger partial charge in [0.15, 0.2) is 5.65 Å². The number of halogens is 2. The van der Waals surface area contributed by atoms with Gasteiger partial charge in [-0.1, -0.05) is 0 Å². The van der Waals surface area contributed by atoms with Gasteiger partial charge in [-0.3, -0.25) is 0 Å². The van der Waals surface area contributed by atoms with E-state index in [1.54, 1.807) is 23.8 Å². The number of nitrogens with one attached hydrogen (secondary N) is 1. The molecule has 1 aliphatic carbocycles. The summed E-state index contributed by atoms with van der Waals surface area (Å²) in [4.78, 5) is 13.1. The summed E-state index contributed by atoms with van der Waals surface area (Å²) < 4.78 is 56.2. The fraction of sp³-hybridized carbons (Fsp3) is 0.455. The molecule has 4 aromatic heterocycles. The number of ether oxygens (including phenoxy) is 1. The smallest absolute Gasteiger partial charge is 0.256 e. The quantitative estimate of drug-likeness (QED) is 0.483. The van der Waals surface area contributed by atoms with E-state index in [1.807, 2.05) is 18.3 Å². The molecular formula is C22H25F2N7O. The van der Waals surface area contributed by atoms with E-state index >= 15 is 0 Å². The van der Waals surface area contributed by atoms with Crippen molar-refractivity contribution in [2.75, 3.05) is 12.4 Å². The third-order valence-corrected chi connectivity index (χ3v) is 6.02. The Morgan fingerprint density at radius 1 is 1.22 bits per heavy atom. The molecule has 4 aromatic rings. The molecule has 1 N–H and O–H groups in total. The van der Waals surface area contributed by atoms with Crippen molar-refractivity contribution in [1.29, 1.82) is 0 Å². The van der Waals surface area contributed by atoms with E-state index in [-0.39, 0.29) is 12.1 Å². The van der Waals surface area contributed by atoms with Crippen molar-refractivity contribution in [1.82, 2.24) is 29.1 Å². The van der Waals surface area contributed by atoms with Gasteiger partial charge in [0.2, 0.25) is 5.95 Å². The molecule has 0 aromatic carbocycles. The number of imidazole rings is 1. The number of methoxy groups -OCH3 is 1. The van der Waals surface area contributed by atoms with E-state index in [0.717, 1.165) is 29.5 Å². The fourth-order valence-corrected chi connectivity index (χ4v) is 4.35. The second-order valence-electron chi connectivity index (χ2n) is 8.10. The highest BCUT2D eigenvalue weighted by Gasteiger charge is 2.21. The van der Waals surface area contributed by atoms with Gasteiger partial charge in [-0.25, -0.2) is 28.2 Å². The highest BCUT2D eigenvalue weighted by molar-refractivity contribution is 5.85. The summed E-state index contributed by atoms with van der Waals surface area (Å²) >= 11 is 0. The Bertz CT molecular complexity index is 1350. The van der Waals surface area contributed by atoms with Crippen LogP contribution in [0.5, 0.6) is 0 Å². The lowest BCUT2D eigenvalue weighted by molar-refractivity contribution is 0.0681. The molecule has 0 radical (unpaired) electrons. The first-order chi connectivity index (χ1) is 16.7. The first kappa shape index (κ1) is 17.4. The van der Waals surface area contributed by atoms with Crippen molar-refractivity contribution < 1.29 is 17.6 Å². The number of nitrogens with zero attached hydrogens (tertiary/aromatic N) is 6. The maximum absolute atomic E-state index is 13.1. The Morgan fingerprint density at radius 3 is 2.84 bits per heavy atom. The van der Waals surface area contributed by atoms with Crippen LogP contribution in [-0.2, 0) is 11.3 Å². The van der Waals surface area contributed by atoms with Crippen molar-refractivity contribution in [3.8, 4) is 11.1 Å². The molecule has 0 atom stereocenters. The van der Waals surface area contributed by atoms with Crippen LogP contribution in [0.1, 0.15) is 35.6 Å². The Hall–Kier alpha value is -3.14. The Kier molecular flexibility index (Phi) is 4.58. The standard InChI is InChI=1S/C22H25F2N7O/c1-13-27-21-18(30(13)12-20(23)24)9-14(10-25-21)17-7-8-31-19(17)11-26-22(29-31)28-15-3-5-16(32-2)6-4-15/h7-11,15-16,20H,3-6,12H2,1-2H3,(H,28,29)/i2D3. The average molecular weight is 445 g/mol. The molecule has 0 unspecified atom stereocenters. The zero-order valence-corrected chi connectivity index (χ0v) is 17.5. The lowest BCUT2D eigenvalue weighted by Crippen LogP contribution is -2.30. The molecule has 0 aliphatic heterocycles. The molecule has 1 saturated carbocycles. The minimum absolute atomic E-state index is 0.129. The molecule has 32 heavy (non-hydrogen) atoms. The van der Waals surface area contributed by atoms with Gasteiger partial charge < -0.3 is 14.6 Å². The maximum Gasteiger partial charge on any atom is 0.256 e. The molecule has 5 rings (SSSR count). The highest BCUT2D eigenvalue weighted by atomic mass is 19.3. The van der Waals surface area contributed by atoms with Crippen LogP contribution in [-0.4, -0.2) is 54.7 Å². The Balaban J connectivity index is 1.34. The summed E-state index contributed by atoms with van der Waals surface area (Å²) in [6.45, 7) is 1.25. The Labute approximate surface area is 187 Å². The van der Waals surface area contributed by atoms with E-state index < -0.39 is 20.0 Å². The van der Waals surface area contributed by atoms with Crippen LogP contribution in [0.25, 0.3) is 27.8 Å². The molecule has 0 bridgehead atoms. The van der Waals surface area contributed by atoms with Gasteiger partial charge in [0.05, 0.1) is 34.0 Å². The second-order valence-corrected chi connectivity index (χ2v) is 8.10. The number of hydrogen-bond acceptors (Lipinski definition) is 6. The van der Waals surface area contributed by atoms with Gasteiger partial charge in [-0.05, 0) is 44.7 Å². The number of aryl methyl sites for hydroxylation is 1. The number of hydrogen-bond donors (Lipinski definition) is 1. The first-order valence-electron chi connectivity index (χ1n) is 12.1. The monoisotopic (exact) mass is 444 g/mol. The molecule has 0 amide bonds. The van der Waals surface area contributed by atoms with Gasteiger partial charge in [0, 0.05) is 36.6 Å². The van der Waals surface area contributed by atoms with Crippen LogP contribution < -0.4 is 5.32 Å². The second kappa shape index (κ2) is 8.42. The third-order valence-electron chi connectivity index (χ3n) is 6.02. The van der Waals surface area contributed by atoms with E-state index in [1.165, 1.54) is 4.57 Å². The maximum atomic E-state index is 13.1. The van der Waals surface area contributed by atoms with Gasteiger partial charge in [-0.15, -0.1) is 5.10 Å². The highest BCUT2D eigenvalue weighted by Crippen LogP contribution is 2.28. The van der Waals surface area contributed by atoms with E-state index in [2.05, 4.69) is 25.4 Å². The number of fused-ring (bicyclic) bond motifs is 2. The zero-order valence-electron chi connectivity index (χ0n) is 20.5. The van der Waals surface area contributed by atoms with Crippen LogP contribution in [0.4, 0.5) is 14.7 Å². The number of pyridine rings is 1. The number of anilines is 1. The van der Waals surface area contributed by atoms with Crippen molar-refractivity contribution in [2.24, 2.45) is 0 Å². The normalized spacial score (nSPS) is 21.1. The van der Waals surface area contributed by atoms with Gasteiger partial charge in [0.1, 0.15) is 5.82 Å². The van der Waals surface area contributed by atoms with Crippen LogP contribution in [0.15, 0.2) is 30.7 Å². The van der Waals surface area contributed by atoms with Crippen molar-refractivity contribution in [3.63, 3.8) is 0 Å². The van der Waals surface area contributed by atoms with Crippen molar-refractivity contribution >= 4 is 22.6 Å². The summed E-state index contributed by atoms with van der Waals surface area (Å²) in [5.41, 5.74) is 3.32. The molecule has 0 spiro atoms. The predicted octanol–water partition coefficient (Wildman–Crippen LogP) is 4.08. The number of rotatable bonds is 6. The Morgan fingerprint density at radius 2 is 2.06 bits per heavy atom. The number of alkyl halides is 2. The van der Waals surface area contributed by atoms with Crippen LogP contribution >= 0.6 is 0 Å². The van der Waals surface area contributed by atoms with Crippen LogP contribution in [0.3, 0.4) is 0 Å². The summed E-state index contributed by atoms with van der Waals surface area (Å²) in [5.74, 6) is 0.962. The molecule has 4 heterocycles. The number of aromatic nitrogens is 6. The molecule has 1 fully saturated rings.